The normalized spacial score (nSPS) is 21.8. The minimum atomic E-state index is -4.49. The Hall–Kier alpha value is -0.940. The van der Waals surface area contributed by atoms with Crippen molar-refractivity contribution >= 4 is 34.2 Å². The molecule has 0 spiro atoms. The van der Waals surface area contributed by atoms with Gasteiger partial charge in [0.1, 0.15) is 4.33 Å². The molecule has 0 N–H and O–H groups in total. The molecule has 102 valence electrons. The van der Waals surface area contributed by atoms with Crippen LogP contribution in [0.3, 0.4) is 0 Å². The van der Waals surface area contributed by atoms with Gasteiger partial charge in [-0.05, 0) is 18.6 Å². The highest BCUT2D eigenvalue weighted by Crippen LogP contribution is 2.54. The summed E-state index contributed by atoms with van der Waals surface area (Å²) >= 11 is 11.8. The number of benzene rings is 1. The molecule has 0 unspecified atom stereocenters. The van der Waals surface area contributed by atoms with Crippen molar-refractivity contribution in [3.8, 4) is 0 Å². The van der Waals surface area contributed by atoms with Crippen LogP contribution in [0.1, 0.15) is 12.2 Å². The van der Waals surface area contributed by atoms with Crippen molar-refractivity contribution in [2.75, 3.05) is 0 Å². The summed E-state index contributed by atoms with van der Waals surface area (Å²) in [4.78, 5) is 3.66. The van der Waals surface area contributed by atoms with Gasteiger partial charge < -0.3 is 4.57 Å². The summed E-state index contributed by atoms with van der Waals surface area (Å²) < 4.78 is 39.3. The quantitative estimate of drug-likeness (QED) is 0.758. The Balaban J connectivity index is 2.09. The Labute approximate surface area is 117 Å². The third-order valence-corrected chi connectivity index (χ3v) is 4.19. The molecule has 19 heavy (non-hydrogen) atoms. The van der Waals surface area contributed by atoms with Crippen LogP contribution in [0.4, 0.5) is 13.2 Å². The fraction of sp³-hybridized carbons (Fsp3) is 0.417. The number of hydrogen-bond acceptors (Lipinski definition) is 1. The van der Waals surface area contributed by atoms with Crippen molar-refractivity contribution in [1.29, 1.82) is 0 Å². The number of nitrogens with zero attached hydrogens (tertiary/aromatic N) is 2. The summed E-state index contributed by atoms with van der Waals surface area (Å²) in [6, 6.07) is 6.51. The molecule has 1 fully saturated rings. The number of alkyl halides is 5. The molecule has 0 radical (unpaired) electrons. The van der Waals surface area contributed by atoms with Gasteiger partial charge in [0.2, 0.25) is 5.82 Å². The number of halogens is 5. The van der Waals surface area contributed by atoms with Crippen molar-refractivity contribution in [2.45, 2.75) is 23.5 Å². The Morgan fingerprint density at radius 2 is 1.95 bits per heavy atom. The first-order valence-corrected chi connectivity index (χ1v) is 6.45. The van der Waals surface area contributed by atoms with Crippen LogP contribution in [-0.4, -0.2) is 13.9 Å². The number of rotatable bonds is 2. The van der Waals surface area contributed by atoms with Gasteiger partial charge in [-0.3, -0.25) is 0 Å². The van der Waals surface area contributed by atoms with E-state index in [9.17, 15) is 13.2 Å². The van der Waals surface area contributed by atoms with Crippen LogP contribution < -0.4 is 0 Å². The molecule has 2 aromatic rings. The van der Waals surface area contributed by atoms with Crippen LogP contribution >= 0.6 is 23.2 Å². The van der Waals surface area contributed by atoms with Crippen molar-refractivity contribution in [1.82, 2.24) is 9.55 Å². The Kier molecular flexibility index (Phi) is 2.77. The number of hydrogen-bond donors (Lipinski definition) is 0. The number of imidazole rings is 1. The average Bonchev–Trinajstić information content (AvgIpc) is 2.74. The molecule has 1 aliphatic rings. The number of aromatic nitrogens is 2. The second-order valence-electron chi connectivity index (χ2n) is 4.69. The molecule has 0 bridgehead atoms. The SMILES string of the molecule is FC(F)(F)c1nc2ccccc2n1C[C@H]1CC1(Cl)Cl. The topological polar surface area (TPSA) is 17.8 Å². The van der Waals surface area contributed by atoms with E-state index in [1.807, 2.05) is 0 Å². The van der Waals surface area contributed by atoms with E-state index >= 15 is 0 Å². The largest absolute Gasteiger partial charge is 0.449 e. The van der Waals surface area contributed by atoms with E-state index in [0.717, 1.165) is 4.57 Å². The van der Waals surface area contributed by atoms with Gasteiger partial charge in [0, 0.05) is 12.5 Å². The molecule has 2 nitrogen and oxygen atoms in total. The smallest absolute Gasteiger partial charge is 0.320 e. The Morgan fingerprint density at radius 3 is 2.53 bits per heavy atom. The van der Waals surface area contributed by atoms with Gasteiger partial charge in [0.25, 0.3) is 0 Å². The minimum absolute atomic E-state index is 0.127. The third-order valence-electron chi connectivity index (χ3n) is 3.27. The van der Waals surface area contributed by atoms with E-state index in [1.54, 1.807) is 24.3 Å². The van der Waals surface area contributed by atoms with E-state index in [2.05, 4.69) is 4.98 Å². The van der Waals surface area contributed by atoms with E-state index < -0.39 is 16.3 Å². The maximum Gasteiger partial charge on any atom is 0.449 e. The molecule has 1 aromatic heterocycles. The molecule has 1 saturated carbocycles. The molecule has 0 amide bonds. The first kappa shape index (κ1) is 13.1. The maximum atomic E-state index is 13.0. The fourth-order valence-electron chi connectivity index (χ4n) is 2.16. The zero-order valence-corrected chi connectivity index (χ0v) is 11.1. The molecule has 3 rings (SSSR count). The lowest BCUT2D eigenvalue weighted by molar-refractivity contribution is -0.147. The molecule has 1 aliphatic carbocycles. The van der Waals surface area contributed by atoms with Gasteiger partial charge >= 0.3 is 6.18 Å². The van der Waals surface area contributed by atoms with Gasteiger partial charge in [-0.2, -0.15) is 13.2 Å². The van der Waals surface area contributed by atoms with Gasteiger partial charge in [0.05, 0.1) is 11.0 Å². The molecule has 7 heteroatoms. The Bertz CT molecular complexity index is 633. The van der Waals surface area contributed by atoms with Crippen molar-refractivity contribution in [3.05, 3.63) is 30.1 Å². The van der Waals surface area contributed by atoms with Gasteiger partial charge in [-0.15, -0.1) is 23.2 Å². The van der Waals surface area contributed by atoms with Crippen molar-refractivity contribution < 1.29 is 13.2 Å². The van der Waals surface area contributed by atoms with E-state index in [4.69, 9.17) is 23.2 Å². The first-order chi connectivity index (χ1) is 8.79. The zero-order valence-electron chi connectivity index (χ0n) is 9.59. The lowest BCUT2D eigenvalue weighted by Gasteiger charge is -2.11. The molecule has 0 saturated heterocycles. The van der Waals surface area contributed by atoms with E-state index in [0.29, 0.717) is 17.5 Å². The monoisotopic (exact) mass is 308 g/mol. The van der Waals surface area contributed by atoms with Crippen LogP contribution in [0, 0.1) is 5.92 Å². The lowest BCUT2D eigenvalue weighted by Crippen LogP contribution is -2.16. The van der Waals surface area contributed by atoms with Gasteiger partial charge in [-0.1, -0.05) is 12.1 Å². The second kappa shape index (κ2) is 4.03. The summed E-state index contributed by atoms with van der Waals surface area (Å²) in [6.45, 7) is 0.127. The number of para-hydroxylation sites is 2. The van der Waals surface area contributed by atoms with Gasteiger partial charge in [-0.25, -0.2) is 4.98 Å². The highest BCUT2D eigenvalue weighted by molar-refractivity contribution is 6.50. The summed E-state index contributed by atoms with van der Waals surface area (Å²) in [5.74, 6) is -1.07. The maximum absolute atomic E-state index is 13.0. The van der Waals surface area contributed by atoms with Crippen LogP contribution in [0.15, 0.2) is 24.3 Å². The fourth-order valence-corrected chi connectivity index (χ4v) is 2.68. The predicted molar refractivity (Wildman–Crippen MR) is 67.3 cm³/mol. The van der Waals surface area contributed by atoms with Crippen LogP contribution in [0.2, 0.25) is 0 Å². The second-order valence-corrected chi connectivity index (χ2v) is 6.24. The van der Waals surface area contributed by atoms with Crippen molar-refractivity contribution in [3.63, 3.8) is 0 Å². The van der Waals surface area contributed by atoms with Gasteiger partial charge in [0.15, 0.2) is 0 Å². The third kappa shape index (κ3) is 2.30. The molecule has 1 aromatic carbocycles. The highest BCUT2D eigenvalue weighted by Gasteiger charge is 2.52. The summed E-state index contributed by atoms with van der Waals surface area (Å²) in [7, 11) is 0. The lowest BCUT2D eigenvalue weighted by atomic mass is 10.3. The summed E-state index contributed by atoms with van der Waals surface area (Å²) in [5.41, 5.74) is 0.774. The predicted octanol–water partition coefficient (Wildman–Crippen LogP) is 4.25. The Morgan fingerprint density at radius 1 is 1.32 bits per heavy atom. The standard InChI is InChI=1S/C12H9Cl2F3N2/c13-11(14)5-7(11)6-19-9-4-2-1-3-8(9)18-10(19)12(15,16)17/h1-4,7H,5-6H2/t7-/m1/s1. The minimum Gasteiger partial charge on any atom is -0.320 e. The van der Waals surface area contributed by atoms with Crippen molar-refractivity contribution in [2.24, 2.45) is 5.92 Å². The first-order valence-electron chi connectivity index (χ1n) is 5.69. The van der Waals surface area contributed by atoms with Crippen LogP contribution in [-0.2, 0) is 12.7 Å². The van der Waals surface area contributed by atoms with E-state index in [-0.39, 0.29) is 12.5 Å². The van der Waals surface area contributed by atoms with Crippen LogP contribution in [0.25, 0.3) is 11.0 Å². The average molecular weight is 309 g/mol. The molecule has 1 heterocycles. The van der Waals surface area contributed by atoms with E-state index in [1.165, 1.54) is 0 Å². The summed E-state index contributed by atoms with van der Waals surface area (Å²) in [6.07, 6.45) is -3.99. The van der Waals surface area contributed by atoms with Crippen LogP contribution in [0.5, 0.6) is 0 Å². The summed E-state index contributed by atoms with van der Waals surface area (Å²) in [5, 5.41) is 0. The molecular weight excluding hydrogens is 300 g/mol. The highest BCUT2D eigenvalue weighted by atomic mass is 35.5. The number of fused-ring (bicyclic) bond motifs is 1. The molecule has 1 atom stereocenters. The molecule has 0 aliphatic heterocycles. The zero-order chi connectivity index (χ0) is 13.8. The molecular formula is C12H9Cl2F3N2.